The number of hydrogen-bond donors (Lipinski definition) is 2. The lowest BCUT2D eigenvalue weighted by Gasteiger charge is -2.37. The van der Waals surface area contributed by atoms with Crippen LogP contribution in [0, 0.1) is 11.3 Å². The zero-order valence-electron chi connectivity index (χ0n) is 13.6. The van der Waals surface area contributed by atoms with Crippen LogP contribution in [0.5, 0.6) is 0 Å². The van der Waals surface area contributed by atoms with Gasteiger partial charge in [0, 0.05) is 25.0 Å². The first kappa shape index (κ1) is 14.8. The first-order valence-corrected chi connectivity index (χ1v) is 8.40. The number of piperidine rings is 1. The fourth-order valence-electron chi connectivity index (χ4n) is 3.84. The van der Waals surface area contributed by atoms with Crippen LogP contribution in [-0.2, 0) is 0 Å². The normalized spacial score (nSPS) is 33.1. The van der Waals surface area contributed by atoms with Gasteiger partial charge in [0.05, 0.1) is 0 Å². The zero-order valence-corrected chi connectivity index (χ0v) is 13.6. The Bertz CT molecular complexity index is 481. The predicted molar refractivity (Wildman–Crippen MR) is 85.3 cm³/mol. The molecule has 3 unspecified atom stereocenters. The van der Waals surface area contributed by atoms with Gasteiger partial charge in [-0.05, 0) is 30.6 Å². The highest BCUT2D eigenvalue weighted by Crippen LogP contribution is 2.45. The Morgan fingerprint density at radius 2 is 2.10 bits per heavy atom. The molecule has 5 nitrogen and oxygen atoms in total. The monoisotopic (exact) mass is 291 g/mol. The van der Waals surface area contributed by atoms with Gasteiger partial charge in [-0.2, -0.15) is 4.98 Å². The number of H-pyrrole nitrogens is 1. The average Bonchev–Trinajstić information content (AvgIpc) is 2.91. The van der Waals surface area contributed by atoms with Crippen LogP contribution >= 0.6 is 0 Å². The van der Waals surface area contributed by atoms with Crippen molar-refractivity contribution in [1.82, 2.24) is 15.2 Å². The molecule has 21 heavy (non-hydrogen) atoms. The summed E-state index contributed by atoms with van der Waals surface area (Å²) in [5, 5.41) is 7.69. The molecular weight excluding hydrogens is 262 g/mol. The summed E-state index contributed by atoms with van der Waals surface area (Å²) >= 11 is 0. The minimum atomic E-state index is 0.229. The number of nitrogens with two attached hydrogens (primary N) is 1. The Morgan fingerprint density at radius 3 is 2.81 bits per heavy atom. The van der Waals surface area contributed by atoms with E-state index in [4.69, 9.17) is 10.7 Å². The quantitative estimate of drug-likeness (QED) is 0.879. The van der Waals surface area contributed by atoms with Crippen LogP contribution in [-0.4, -0.2) is 34.3 Å². The molecule has 0 spiro atoms. The molecule has 0 amide bonds. The molecule has 0 bridgehead atoms. The predicted octanol–water partition coefficient (Wildman–Crippen LogP) is 2.66. The van der Waals surface area contributed by atoms with E-state index < -0.39 is 0 Å². The molecule has 3 N–H and O–H groups in total. The van der Waals surface area contributed by atoms with Gasteiger partial charge >= 0.3 is 0 Å². The average molecular weight is 291 g/mol. The van der Waals surface area contributed by atoms with Crippen molar-refractivity contribution >= 4 is 5.95 Å². The van der Waals surface area contributed by atoms with Crippen molar-refractivity contribution in [2.24, 2.45) is 17.1 Å². The molecule has 1 aromatic heterocycles. The van der Waals surface area contributed by atoms with Crippen LogP contribution in [0.3, 0.4) is 0 Å². The highest BCUT2D eigenvalue weighted by atomic mass is 15.4. The standard InChI is InChI=1S/C16H29N5/c1-11-7-9-21(10-13(11)17)15-18-14(19-20-15)12-6-4-5-8-16(12,2)3/h11-13H,4-10,17H2,1-3H3,(H,18,19,20). The minimum Gasteiger partial charge on any atom is -0.338 e. The molecule has 0 aromatic carbocycles. The third-order valence-electron chi connectivity index (χ3n) is 5.63. The van der Waals surface area contributed by atoms with Crippen molar-refractivity contribution in [1.29, 1.82) is 0 Å². The smallest absolute Gasteiger partial charge is 0.244 e. The molecule has 118 valence electrons. The van der Waals surface area contributed by atoms with Gasteiger partial charge in [0.25, 0.3) is 0 Å². The number of nitrogens with zero attached hydrogens (tertiary/aromatic N) is 3. The maximum absolute atomic E-state index is 6.19. The molecule has 1 aliphatic heterocycles. The SMILES string of the molecule is CC1CCN(c2n[nH]c(C3CCCCC3(C)C)n2)CC1N. The van der Waals surface area contributed by atoms with Crippen molar-refractivity contribution in [3.63, 3.8) is 0 Å². The van der Waals surface area contributed by atoms with E-state index in [0.29, 0.717) is 17.3 Å². The summed E-state index contributed by atoms with van der Waals surface area (Å²) in [6, 6.07) is 0.229. The molecule has 2 heterocycles. The van der Waals surface area contributed by atoms with Gasteiger partial charge < -0.3 is 10.6 Å². The van der Waals surface area contributed by atoms with Crippen LogP contribution in [0.2, 0.25) is 0 Å². The van der Waals surface area contributed by atoms with Gasteiger partial charge in [0.15, 0.2) is 0 Å². The topological polar surface area (TPSA) is 70.8 Å². The van der Waals surface area contributed by atoms with Crippen LogP contribution in [0.15, 0.2) is 0 Å². The molecule has 2 fully saturated rings. The number of rotatable bonds is 2. The van der Waals surface area contributed by atoms with Gasteiger partial charge in [-0.3, -0.25) is 5.10 Å². The minimum absolute atomic E-state index is 0.229. The van der Waals surface area contributed by atoms with Gasteiger partial charge in [-0.15, -0.1) is 5.10 Å². The Kier molecular flexibility index (Phi) is 3.95. The summed E-state index contributed by atoms with van der Waals surface area (Å²) in [5.74, 6) is 3.01. The molecule has 2 aliphatic rings. The summed E-state index contributed by atoms with van der Waals surface area (Å²) in [6.07, 6.45) is 6.26. The number of nitrogens with one attached hydrogen (secondary N) is 1. The molecule has 5 heteroatoms. The van der Waals surface area contributed by atoms with E-state index in [1.54, 1.807) is 0 Å². The van der Waals surface area contributed by atoms with Gasteiger partial charge in [-0.1, -0.05) is 33.6 Å². The van der Waals surface area contributed by atoms with E-state index >= 15 is 0 Å². The zero-order chi connectivity index (χ0) is 15.0. The van der Waals surface area contributed by atoms with E-state index in [1.165, 1.54) is 25.7 Å². The Hall–Kier alpha value is -1.10. The molecule has 1 aromatic rings. The molecule has 3 atom stereocenters. The Balaban J connectivity index is 1.74. The van der Waals surface area contributed by atoms with Crippen molar-refractivity contribution in [3.8, 4) is 0 Å². The second kappa shape index (κ2) is 5.59. The number of aromatic amines is 1. The molecule has 1 saturated carbocycles. The summed E-state index contributed by atoms with van der Waals surface area (Å²) in [7, 11) is 0. The number of anilines is 1. The van der Waals surface area contributed by atoms with Gasteiger partial charge in [0.2, 0.25) is 5.95 Å². The van der Waals surface area contributed by atoms with Gasteiger partial charge in [0.1, 0.15) is 5.82 Å². The van der Waals surface area contributed by atoms with Crippen LogP contribution in [0.1, 0.15) is 64.6 Å². The summed E-state index contributed by atoms with van der Waals surface area (Å²) in [4.78, 5) is 7.05. The number of aromatic nitrogens is 3. The van der Waals surface area contributed by atoms with E-state index in [-0.39, 0.29) is 6.04 Å². The van der Waals surface area contributed by atoms with Crippen molar-refractivity contribution in [3.05, 3.63) is 5.82 Å². The fourth-order valence-corrected chi connectivity index (χ4v) is 3.84. The van der Waals surface area contributed by atoms with Crippen molar-refractivity contribution in [2.45, 2.75) is 64.8 Å². The van der Waals surface area contributed by atoms with Crippen LogP contribution in [0.25, 0.3) is 0 Å². The van der Waals surface area contributed by atoms with Crippen molar-refractivity contribution in [2.75, 3.05) is 18.0 Å². The Labute approximate surface area is 127 Å². The highest BCUT2D eigenvalue weighted by molar-refractivity contribution is 5.31. The second-order valence-electron chi connectivity index (χ2n) is 7.68. The fraction of sp³-hybridized carbons (Fsp3) is 0.875. The summed E-state index contributed by atoms with van der Waals surface area (Å²) in [5.41, 5.74) is 6.51. The largest absolute Gasteiger partial charge is 0.338 e. The van der Waals surface area contributed by atoms with Gasteiger partial charge in [-0.25, -0.2) is 0 Å². The van der Waals surface area contributed by atoms with E-state index in [0.717, 1.165) is 31.3 Å². The molecule has 0 radical (unpaired) electrons. The first-order valence-electron chi connectivity index (χ1n) is 8.40. The summed E-state index contributed by atoms with van der Waals surface area (Å²) in [6.45, 7) is 8.83. The molecule has 1 aliphatic carbocycles. The molecular formula is C16H29N5. The molecule has 1 saturated heterocycles. The Morgan fingerprint density at radius 1 is 1.29 bits per heavy atom. The van der Waals surface area contributed by atoms with Crippen molar-refractivity contribution < 1.29 is 0 Å². The van der Waals surface area contributed by atoms with E-state index in [1.807, 2.05) is 0 Å². The highest BCUT2D eigenvalue weighted by Gasteiger charge is 2.36. The second-order valence-corrected chi connectivity index (χ2v) is 7.68. The third-order valence-corrected chi connectivity index (χ3v) is 5.63. The maximum Gasteiger partial charge on any atom is 0.244 e. The third kappa shape index (κ3) is 2.93. The maximum atomic E-state index is 6.19. The lowest BCUT2D eigenvalue weighted by molar-refractivity contribution is 0.192. The lowest BCUT2D eigenvalue weighted by Crippen LogP contribution is -2.48. The van der Waals surface area contributed by atoms with E-state index in [2.05, 4.69) is 35.9 Å². The van der Waals surface area contributed by atoms with E-state index in [9.17, 15) is 0 Å². The summed E-state index contributed by atoms with van der Waals surface area (Å²) < 4.78 is 0. The first-order chi connectivity index (χ1) is 9.97. The van der Waals surface area contributed by atoms with Crippen LogP contribution < -0.4 is 10.6 Å². The molecule has 3 rings (SSSR count). The van der Waals surface area contributed by atoms with Crippen LogP contribution in [0.4, 0.5) is 5.95 Å². The lowest BCUT2D eigenvalue weighted by atomic mass is 9.68. The number of hydrogen-bond acceptors (Lipinski definition) is 4.